The van der Waals surface area contributed by atoms with Gasteiger partial charge in [-0.05, 0) is 17.7 Å². The van der Waals surface area contributed by atoms with E-state index < -0.39 is 17.8 Å². The number of rotatable bonds is 3. The number of benzene rings is 1. The number of halogens is 3. The van der Waals surface area contributed by atoms with Crippen molar-refractivity contribution in [2.75, 3.05) is 6.54 Å². The smallest absolute Gasteiger partial charge is 0.387 e. The molecule has 0 saturated heterocycles. The lowest BCUT2D eigenvalue weighted by Gasteiger charge is -2.12. The molecule has 0 aliphatic heterocycles. The first kappa shape index (κ1) is 12.0. The molecule has 15 heavy (non-hydrogen) atoms. The average Bonchev–Trinajstić information content (AvgIpc) is 2.17. The van der Waals surface area contributed by atoms with Gasteiger partial charge in [-0.15, -0.1) is 0 Å². The summed E-state index contributed by atoms with van der Waals surface area (Å²) in [6.45, 7) is -0.221. The highest BCUT2D eigenvalue weighted by atomic mass is 19.4. The maximum Gasteiger partial charge on any atom is 0.416 e. The van der Waals surface area contributed by atoms with Crippen molar-refractivity contribution in [1.82, 2.24) is 5.48 Å². The minimum absolute atomic E-state index is 0.103. The summed E-state index contributed by atoms with van der Waals surface area (Å²) < 4.78 is 36.8. The van der Waals surface area contributed by atoms with Crippen LogP contribution >= 0.6 is 0 Å². The molecular weight excluding hydrogens is 211 g/mol. The summed E-state index contributed by atoms with van der Waals surface area (Å²) in [5, 5.41) is 17.6. The Morgan fingerprint density at radius 1 is 1.33 bits per heavy atom. The number of hydrogen-bond donors (Lipinski definition) is 3. The summed E-state index contributed by atoms with van der Waals surface area (Å²) in [5.41, 5.74) is 0.974. The van der Waals surface area contributed by atoms with Crippen LogP contribution in [0.1, 0.15) is 17.2 Å². The van der Waals surface area contributed by atoms with E-state index in [1.807, 2.05) is 0 Å². The molecule has 1 rings (SSSR count). The second-order valence-corrected chi connectivity index (χ2v) is 3.00. The van der Waals surface area contributed by atoms with Gasteiger partial charge in [-0.3, -0.25) is 0 Å². The predicted molar refractivity (Wildman–Crippen MR) is 46.2 cm³/mol. The van der Waals surface area contributed by atoms with Crippen molar-refractivity contribution in [2.45, 2.75) is 12.3 Å². The van der Waals surface area contributed by atoms with Gasteiger partial charge in [-0.2, -0.15) is 13.2 Å². The standard InChI is InChI=1S/C9H10F3NO2/c10-9(11,12)7-3-1-2-6(4-7)8(14)5-13-15/h1-4,8,13-15H,5H2. The van der Waals surface area contributed by atoms with Crippen LogP contribution in [0.3, 0.4) is 0 Å². The number of nitrogens with one attached hydrogen (secondary N) is 1. The van der Waals surface area contributed by atoms with Gasteiger partial charge in [0, 0.05) is 0 Å². The van der Waals surface area contributed by atoms with Crippen LogP contribution in [0.5, 0.6) is 0 Å². The van der Waals surface area contributed by atoms with Crippen molar-refractivity contribution < 1.29 is 23.5 Å². The highest BCUT2D eigenvalue weighted by molar-refractivity contribution is 5.27. The summed E-state index contributed by atoms with van der Waals surface area (Å²) in [4.78, 5) is 0. The van der Waals surface area contributed by atoms with Crippen LogP contribution in [-0.2, 0) is 6.18 Å². The average molecular weight is 221 g/mol. The van der Waals surface area contributed by atoms with Gasteiger partial charge in [0.2, 0.25) is 0 Å². The van der Waals surface area contributed by atoms with E-state index in [2.05, 4.69) is 0 Å². The molecule has 0 aliphatic rings. The quantitative estimate of drug-likeness (QED) is 0.681. The molecule has 1 aromatic rings. The minimum Gasteiger partial charge on any atom is -0.387 e. The third-order valence-electron chi connectivity index (χ3n) is 1.88. The first-order valence-electron chi connectivity index (χ1n) is 4.17. The van der Waals surface area contributed by atoms with E-state index in [0.29, 0.717) is 0 Å². The molecule has 0 fully saturated rings. The number of aliphatic hydroxyl groups is 1. The monoisotopic (exact) mass is 221 g/mol. The highest BCUT2D eigenvalue weighted by Gasteiger charge is 2.30. The zero-order chi connectivity index (χ0) is 11.5. The van der Waals surface area contributed by atoms with Crippen molar-refractivity contribution in [3.63, 3.8) is 0 Å². The second-order valence-electron chi connectivity index (χ2n) is 3.00. The first-order valence-corrected chi connectivity index (χ1v) is 4.17. The maximum atomic E-state index is 12.3. The second kappa shape index (κ2) is 4.61. The number of hydroxylamine groups is 1. The van der Waals surface area contributed by atoms with Crippen LogP contribution in [0.15, 0.2) is 24.3 Å². The Labute approximate surface area is 84.1 Å². The van der Waals surface area contributed by atoms with Crippen LogP contribution in [0.25, 0.3) is 0 Å². The highest BCUT2D eigenvalue weighted by Crippen LogP contribution is 2.30. The molecule has 84 valence electrons. The van der Waals surface area contributed by atoms with E-state index >= 15 is 0 Å². The zero-order valence-corrected chi connectivity index (χ0v) is 7.62. The van der Waals surface area contributed by atoms with Gasteiger partial charge in [0.25, 0.3) is 0 Å². The van der Waals surface area contributed by atoms with Crippen LogP contribution < -0.4 is 5.48 Å². The molecule has 0 bridgehead atoms. The van der Waals surface area contributed by atoms with Gasteiger partial charge >= 0.3 is 6.18 Å². The Kier molecular flexibility index (Phi) is 3.67. The van der Waals surface area contributed by atoms with Crippen molar-refractivity contribution in [1.29, 1.82) is 0 Å². The fourth-order valence-corrected chi connectivity index (χ4v) is 1.13. The largest absolute Gasteiger partial charge is 0.416 e. The molecule has 1 unspecified atom stereocenters. The van der Waals surface area contributed by atoms with E-state index in [9.17, 15) is 18.3 Å². The third-order valence-corrected chi connectivity index (χ3v) is 1.88. The fourth-order valence-electron chi connectivity index (χ4n) is 1.13. The lowest BCUT2D eigenvalue weighted by Crippen LogP contribution is -2.18. The van der Waals surface area contributed by atoms with Gasteiger partial charge in [-0.25, -0.2) is 5.48 Å². The predicted octanol–water partition coefficient (Wildman–Crippen LogP) is 1.72. The molecule has 1 aromatic carbocycles. The van der Waals surface area contributed by atoms with E-state index in [1.54, 1.807) is 5.48 Å². The van der Waals surface area contributed by atoms with Gasteiger partial charge in [0.05, 0.1) is 18.2 Å². The molecule has 6 heteroatoms. The summed E-state index contributed by atoms with van der Waals surface area (Å²) >= 11 is 0. The molecule has 0 radical (unpaired) electrons. The molecule has 3 nitrogen and oxygen atoms in total. The lowest BCUT2D eigenvalue weighted by molar-refractivity contribution is -0.137. The molecule has 1 atom stereocenters. The van der Waals surface area contributed by atoms with E-state index in [0.717, 1.165) is 12.1 Å². The maximum absolute atomic E-state index is 12.3. The van der Waals surface area contributed by atoms with Gasteiger partial charge in [0.15, 0.2) is 0 Å². The van der Waals surface area contributed by atoms with Crippen LogP contribution in [0.2, 0.25) is 0 Å². The van der Waals surface area contributed by atoms with Crippen molar-refractivity contribution in [3.05, 3.63) is 35.4 Å². The summed E-state index contributed by atoms with van der Waals surface area (Å²) in [6, 6.07) is 4.33. The van der Waals surface area contributed by atoms with E-state index in [1.165, 1.54) is 12.1 Å². The topological polar surface area (TPSA) is 52.5 Å². The Bertz CT molecular complexity index is 327. The van der Waals surface area contributed by atoms with Crippen LogP contribution in [0.4, 0.5) is 13.2 Å². The zero-order valence-electron chi connectivity index (χ0n) is 7.62. The molecule has 0 aliphatic carbocycles. The van der Waals surface area contributed by atoms with E-state index in [-0.39, 0.29) is 12.1 Å². The first-order chi connectivity index (χ1) is 6.95. The van der Waals surface area contributed by atoms with Gasteiger partial charge in [0.1, 0.15) is 0 Å². The molecular formula is C9H10F3NO2. The third kappa shape index (κ3) is 3.19. The Morgan fingerprint density at radius 2 is 2.00 bits per heavy atom. The Morgan fingerprint density at radius 3 is 2.53 bits per heavy atom. The number of aliphatic hydroxyl groups excluding tert-OH is 1. The minimum atomic E-state index is -4.43. The van der Waals surface area contributed by atoms with Crippen molar-refractivity contribution >= 4 is 0 Å². The van der Waals surface area contributed by atoms with E-state index in [4.69, 9.17) is 5.21 Å². The summed E-state index contributed by atoms with van der Waals surface area (Å²) in [6.07, 6.45) is -5.60. The molecule has 0 spiro atoms. The van der Waals surface area contributed by atoms with Crippen molar-refractivity contribution in [2.24, 2.45) is 0 Å². The van der Waals surface area contributed by atoms with Gasteiger partial charge in [-0.1, -0.05) is 12.1 Å². The molecule has 3 N–H and O–H groups in total. The van der Waals surface area contributed by atoms with Crippen LogP contribution in [-0.4, -0.2) is 16.9 Å². The lowest BCUT2D eigenvalue weighted by atomic mass is 10.1. The van der Waals surface area contributed by atoms with Crippen LogP contribution in [0, 0.1) is 0 Å². The number of alkyl halides is 3. The SMILES string of the molecule is ONCC(O)c1cccc(C(F)(F)F)c1. The molecule has 0 saturated carbocycles. The fraction of sp³-hybridized carbons (Fsp3) is 0.333. The molecule has 0 heterocycles. The summed E-state index contributed by atoms with van der Waals surface area (Å²) in [5.74, 6) is 0. The normalized spacial score (nSPS) is 13.9. The number of hydrogen-bond acceptors (Lipinski definition) is 3. The summed E-state index contributed by atoms with van der Waals surface area (Å²) in [7, 11) is 0. The molecule has 0 aromatic heterocycles. The molecule has 0 amide bonds. The van der Waals surface area contributed by atoms with Crippen molar-refractivity contribution in [3.8, 4) is 0 Å². The Balaban J connectivity index is 2.92. The van der Waals surface area contributed by atoms with Gasteiger partial charge < -0.3 is 10.3 Å². The Hall–Kier alpha value is -1.11.